The first kappa shape index (κ1) is 23.9. The lowest BCUT2D eigenvalue weighted by molar-refractivity contribution is -0.120. The molecule has 0 unspecified atom stereocenters. The highest BCUT2D eigenvalue weighted by atomic mass is 35.5. The molecule has 1 saturated heterocycles. The molecule has 6 nitrogen and oxygen atoms in total. The predicted octanol–water partition coefficient (Wildman–Crippen LogP) is 4.85. The maximum absolute atomic E-state index is 13.4. The Hall–Kier alpha value is -1.80. The van der Waals surface area contributed by atoms with E-state index in [1.54, 1.807) is 12.1 Å². The Kier molecular flexibility index (Phi) is 6.91. The monoisotopic (exact) mass is 483 g/mol. The van der Waals surface area contributed by atoms with Gasteiger partial charge in [0, 0.05) is 24.7 Å². The molecule has 0 spiro atoms. The number of hydrogen-bond acceptors (Lipinski definition) is 4. The zero-order valence-corrected chi connectivity index (χ0v) is 20.4. The van der Waals surface area contributed by atoms with Crippen molar-refractivity contribution < 1.29 is 13.2 Å². The number of carbonyl (C=O) groups excluding carboxylic acids is 1. The van der Waals surface area contributed by atoms with Crippen LogP contribution in [0.15, 0.2) is 23.1 Å². The van der Waals surface area contributed by atoms with Gasteiger partial charge in [-0.25, -0.2) is 8.42 Å². The van der Waals surface area contributed by atoms with Crippen LogP contribution < -0.4 is 11.1 Å². The van der Waals surface area contributed by atoms with E-state index in [1.807, 2.05) is 33.8 Å². The van der Waals surface area contributed by atoms with Gasteiger partial charge in [0.05, 0.1) is 20.6 Å². The smallest absolute Gasteiger partial charge is 0.243 e. The third-order valence-corrected chi connectivity index (χ3v) is 8.87. The number of nitrogens with one attached hydrogen (secondary N) is 1. The SMILES string of the molecule is Cc1cc(C)c(C)c(S(=O)(=O)N2CCC(C(=O)Nc3cc(Cl)c(N)c(Cl)c3)CC2)c1C. The largest absolute Gasteiger partial charge is 0.396 e. The van der Waals surface area contributed by atoms with Crippen molar-refractivity contribution in [3.63, 3.8) is 0 Å². The molecule has 2 aromatic carbocycles. The van der Waals surface area contributed by atoms with Crippen molar-refractivity contribution in [2.24, 2.45) is 5.92 Å². The van der Waals surface area contributed by atoms with E-state index in [4.69, 9.17) is 28.9 Å². The van der Waals surface area contributed by atoms with Gasteiger partial charge in [-0.1, -0.05) is 29.3 Å². The maximum Gasteiger partial charge on any atom is 0.243 e. The molecule has 2 aromatic rings. The molecular weight excluding hydrogens is 457 g/mol. The number of sulfonamides is 1. The average Bonchev–Trinajstić information content (AvgIpc) is 2.70. The number of nitrogens with two attached hydrogens (primary N) is 1. The first-order valence-corrected chi connectivity index (χ1v) is 12.3. The third kappa shape index (κ3) is 4.70. The van der Waals surface area contributed by atoms with Crippen LogP contribution in [0.5, 0.6) is 0 Å². The van der Waals surface area contributed by atoms with Gasteiger partial charge in [-0.05, 0) is 74.9 Å². The Morgan fingerprint density at radius 3 is 1.97 bits per heavy atom. The van der Waals surface area contributed by atoms with Crippen LogP contribution in [-0.2, 0) is 14.8 Å². The molecule has 0 radical (unpaired) electrons. The van der Waals surface area contributed by atoms with Crippen LogP contribution in [0.4, 0.5) is 11.4 Å². The highest BCUT2D eigenvalue weighted by molar-refractivity contribution is 7.89. The highest BCUT2D eigenvalue weighted by Crippen LogP contribution is 2.33. The van der Waals surface area contributed by atoms with Crippen LogP contribution in [0.3, 0.4) is 0 Å². The number of carbonyl (C=O) groups is 1. The Morgan fingerprint density at radius 1 is 1.00 bits per heavy atom. The predicted molar refractivity (Wildman–Crippen MR) is 126 cm³/mol. The van der Waals surface area contributed by atoms with Crippen molar-refractivity contribution in [1.29, 1.82) is 0 Å². The molecule has 1 heterocycles. The van der Waals surface area contributed by atoms with E-state index >= 15 is 0 Å². The normalized spacial score (nSPS) is 15.8. The summed E-state index contributed by atoms with van der Waals surface area (Å²) in [5, 5.41) is 3.34. The minimum absolute atomic E-state index is 0.187. The van der Waals surface area contributed by atoms with Crippen LogP contribution in [0.2, 0.25) is 10.0 Å². The summed E-state index contributed by atoms with van der Waals surface area (Å²) in [6, 6.07) is 5.10. The lowest BCUT2D eigenvalue weighted by atomic mass is 9.97. The zero-order valence-electron chi connectivity index (χ0n) is 18.1. The summed E-state index contributed by atoms with van der Waals surface area (Å²) in [6.07, 6.45) is 0.870. The van der Waals surface area contributed by atoms with Gasteiger partial charge in [0.15, 0.2) is 0 Å². The fourth-order valence-corrected chi connectivity index (χ4v) is 6.49. The van der Waals surface area contributed by atoms with E-state index < -0.39 is 10.0 Å². The summed E-state index contributed by atoms with van der Waals surface area (Å²) >= 11 is 12.1. The van der Waals surface area contributed by atoms with Crippen molar-refractivity contribution in [1.82, 2.24) is 4.31 Å². The van der Waals surface area contributed by atoms with E-state index in [9.17, 15) is 13.2 Å². The van der Waals surface area contributed by atoms with E-state index in [0.717, 1.165) is 22.3 Å². The number of piperidine rings is 1. The fraction of sp³-hybridized carbons (Fsp3) is 0.409. The highest BCUT2D eigenvalue weighted by Gasteiger charge is 2.34. The third-order valence-electron chi connectivity index (χ3n) is 6.07. The summed E-state index contributed by atoms with van der Waals surface area (Å²) in [7, 11) is -3.64. The molecular formula is C22H27Cl2N3O3S. The first-order valence-electron chi connectivity index (χ1n) is 10.1. The summed E-state index contributed by atoms with van der Waals surface area (Å²) in [5.41, 5.74) is 9.92. The summed E-state index contributed by atoms with van der Waals surface area (Å²) in [6.45, 7) is 8.11. The fourth-order valence-electron chi connectivity index (χ4n) is 3.96. The number of anilines is 2. The second-order valence-electron chi connectivity index (χ2n) is 8.11. The molecule has 0 aliphatic carbocycles. The van der Waals surface area contributed by atoms with Crippen molar-refractivity contribution in [3.05, 3.63) is 50.5 Å². The van der Waals surface area contributed by atoms with Crippen molar-refractivity contribution in [2.75, 3.05) is 24.1 Å². The Bertz CT molecular complexity index is 1090. The molecule has 1 amide bonds. The second kappa shape index (κ2) is 8.98. The molecule has 168 valence electrons. The number of nitrogen functional groups attached to an aromatic ring is 1. The van der Waals surface area contributed by atoms with Gasteiger partial charge in [-0.2, -0.15) is 4.31 Å². The van der Waals surface area contributed by atoms with Gasteiger partial charge in [0.1, 0.15) is 0 Å². The molecule has 0 atom stereocenters. The van der Waals surface area contributed by atoms with Crippen molar-refractivity contribution >= 4 is 50.5 Å². The number of nitrogens with zero attached hydrogens (tertiary/aromatic N) is 1. The first-order chi connectivity index (χ1) is 14.4. The lowest BCUT2D eigenvalue weighted by Crippen LogP contribution is -2.41. The molecule has 0 saturated carbocycles. The van der Waals surface area contributed by atoms with Gasteiger partial charge in [-0.15, -0.1) is 0 Å². The standard InChI is InChI=1S/C22H27Cl2N3O3S/c1-12-9-13(2)15(4)21(14(12)3)31(29,30)27-7-5-16(6-8-27)22(28)26-17-10-18(23)20(25)19(24)11-17/h9-11,16H,5-8,25H2,1-4H3,(H,26,28). The van der Waals surface area contributed by atoms with Crippen LogP contribution >= 0.6 is 23.2 Å². The van der Waals surface area contributed by atoms with Gasteiger partial charge in [0.25, 0.3) is 0 Å². The quantitative estimate of drug-likeness (QED) is 0.607. The van der Waals surface area contributed by atoms with Crippen LogP contribution in [0, 0.1) is 33.6 Å². The van der Waals surface area contributed by atoms with Crippen molar-refractivity contribution in [3.8, 4) is 0 Å². The molecule has 9 heteroatoms. The van der Waals surface area contributed by atoms with Crippen LogP contribution in [0.25, 0.3) is 0 Å². The van der Waals surface area contributed by atoms with Gasteiger partial charge in [-0.3, -0.25) is 4.79 Å². The minimum atomic E-state index is -3.64. The summed E-state index contributed by atoms with van der Waals surface area (Å²) < 4.78 is 28.3. The Labute approximate surface area is 193 Å². The second-order valence-corrected chi connectivity index (χ2v) is 10.8. The topological polar surface area (TPSA) is 92.5 Å². The number of hydrogen-bond donors (Lipinski definition) is 2. The molecule has 0 aromatic heterocycles. The molecule has 3 N–H and O–H groups in total. The molecule has 31 heavy (non-hydrogen) atoms. The Morgan fingerprint density at radius 2 is 1.48 bits per heavy atom. The number of halogens is 2. The van der Waals surface area contributed by atoms with Gasteiger partial charge < -0.3 is 11.1 Å². The summed E-state index contributed by atoms with van der Waals surface area (Å²) in [5.74, 6) is -0.490. The molecule has 1 aliphatic rings. The Balaban J connectivity index is 1.73. The molecule has 1 fully saturated rings. The molecule has 0 bridgehead atoms. The number of amides is 1. The minimum Gasteiger partial charge on any atom is -0.396 e. The summed E-state index contributed by atoms with van der Waals surface area (Å²) in [4.78, 5) is 13.1. The zero-order chi connectivity index (χ0) is 23.1. The average molecular weight is 484 g/mol. The van der Waals surface area contributed by atoms with E-state index in [1.165, 1.54) is 4.31 Å². The van der Waals surface area contributed by atoms with E-state index in [2.05, 4.69) is 5.32 Å². The van der Waals surface area contributed by atoms with E-state index in [0.29, 0.717) is 23.4 Å². The van der Waals surface area contributed by atoms with Crippen molar-refractivity contribution in [2.45, 2.75) is 45.4 Å². The number of aryl methyl sites for hydroxylation is 2. The van der Waals surface area contributed by atoms with Gasteiger partial charge >= 0.3 is 0 Å². The number of rotatable bonds is 4. The molecule has 1 aliphatic heterocycles. The van der Waals surface area contributed by atoms with Gasteiger partial charge in [0.2, 0.25) is 15.9 Å². The van der Waals surface area contributed by atoms with Crippen LogP contribution in [0.1, 0.15) is 35.1 Å². The van der Waals surface area contributed by atoms with Crippen LogP contribution in [-0.4, -0.2) is 31.7 Å². The maximum atomic E-state index is 13.4. The lowest BCUT2D eigenvalue weighted by Gasteiger charge is -2.32. The molecule has 3 rings (SSSR count). The number of benzene rings is 2. The van der Waals surface area contributed by atoms with E-state index in [-0.39, 0.29) is 40.6 Å².